The maximum Gasteiger partial charge on any atom is 0.335 e. The number of carboxylic acids is 1. The Balaban J connectivity index is 1.76. The van der Waals surface area contributed by atoms with Crippen LogP contribution in [0, 0.1) is 0 Å². The van der Waals surface area contributed by atoms with Gasteiger partial charge in [0, 0.05) is 31.1 Å². The number of nitrogens with one attached hydrogen (secondary N) is 1. The zero-order valence-electron chi connectivity index (χ0n) is 13.3. The van der Waals surface area contributed by atoms with E-state index in [-0.39, 0.29) is 23.6 Å². The molecule has 126 valence electrons. The van der Waals surface area contributed by atoms with Crippen LogP contribution in [0.1, 0.15) is 46.0 Å². The minimum absolute atomic E-state index is 0.0865. The quantitative estimate of drug-likeness (QED) is 0.873. The van der Waals surface area contributed by atoms with E-state index in [1.807, 2.05) is 17.7 Å². The SMILES string of the molecule is CCn1ccnc1[C@H]1OCC[C@@H]1NC(=O)c1cccc(C(=O)O)c1. The molecule has 1 amide bonds. The number of aromatic carboxylic acids is 1. The van der Waals surface area contributed by atoms with Gasteiger partial charge in [0.25, 0.3) is 5.91 Å². The first-order valence-electron chi connectivity index (χ1n) is 7.87. The van der Waals surface area contributed by atoms with Crippen LogP contribution in [0.2, 0.25) is 0 Å². The normalized spacial score (nSPS) is 20.0. The van der Waals surface area contributed by atoms with Gasteiger partial charge in [0.2, 0.25) is 0 Å². The van der Waals surface area contributed by atoms with Crippen LogP contribution >= 0.6 is 0 Å². The second-order valence-electron chi connectivity index (χ2n) is 5.62. The molecule has 1 aliphatic heterocycles. The molecule has 0 bridgehead atoms. The summed E-state index contributed by atoms with van der Waals surface area (Å²) in [4.78, 5) is 27.8. The number of aryl methyl sites for hydroxylation is 1. The van der Waals surface area contributed by atoms with Crippen LogP contribution in [0.25, 0.3) is 0 Å². The van der Waals surface area contributed by atoms with Crippen molar-refractivity contribution in [2.75, 3.05) is 6.61 Å². The highest BCUT2D eigenvalue weighted by Gasteiger charge is 2.34. The number of ether oxygens (including phenoxy) is 1. The van der Waals surface area contributed by atoms with Gasteiger partial charge in [0.15, 0.2) is 0 Å². The Morgan fingerprint density at radius 1 is 1.42 bits per heavy atom. The average Bonchev–Trinajstić information content (AvgIpc) is 3.23. The molecule has 1 aromatic heterocycles. The molecule has 0 spiro atoms. The van der Waals surface area contributed by atoms with Gasteiger partial charge in [-0.05, 0) is 31.5 Å². The molecule has 1 fully saturated rings. The van der Waals surface area contributed by atoms with E-state index in [1.54, 1.807) is 18.3 Å². The highest BCUT2D eigenvalue weighted by Crippen LogP contribution is 2.28. The van der Waals surface area contributed by atoms with Crippen molar-refractivity contribution in [3.63, 3.8) is 0 Å². The summed E-state index contributed by atoms with van der Waals surface area (Å²) < 4.78 is 7.75. The van der Waals surface area contributed by atoms with Crippen LogP contribution in [-0.4, -0.2) is 39.2 Å². The molecule has 3 rings (SSSR count). The first kappa shape index (κ1) is 16.2. The topological polar surface area (TPSA) is 93.5 Å². The van der Waals surface area contributed by atoms with E-state index in [2.05, 4.69) is 10.3 Å². The van der Waals surface area contributed by atoms with Crippen molar-refractivity contribution in [3.05, 3.63) is 53.6 Å². The van der Waals surface area contributed by atoms with Crippen molar-refractivity contribution in [2.45, 2.75) is 32.0 Å². The largest absolute Gasteiger partial charge is 0.478 e. The minimum Gasteiger partial charge on any atom is -0.478 e. The van der Waals surface area contributed by atoms with E-state index in [0.717, 1.165) is 12.4 Å². The van der Waals surface area contributed by atoms with Crippen LogP contribution in [0.5, 0.6) is 0 Å². The lowest BCUT2D eigenvalue weighted by atomic mass is 10.1. The maximum atomic E-state index is 12.5. The molecule has 1 aliphatic rings. The molecule has 2 heterocycles. The fourth-order valence-corrected chi connectivity index (χ4v) is 2.88. The van der Waals surface area contributed by atoms with Gasteiger partial charge < -0.3 is 19.7 Å². The molecule has 2 N–H and O–H groups in total. The summed E-state index contributed by atoms with van der Waals surface area (Å²) in [5.74, 6) is -0.579. The fourth-order valence-electron chi connectivity index (χ4n) is 2.88. The number of rotatable bonds is 5. The second-order valence-corrected chi connectivity index (χ2v) is 5.62. The van der Waals surface area contributed by atoms with Gasteiger partial charge in [-0.2, -0.15) is 0 Å². The smallest absolute Gasteiger partial charge is 0.335 e. The monoisotopic (exact) mass is 329 g/mol. The van der Waals surface area contributed by atoms with Crippen LogP contribution < -0.4 is 5.32 Å². The summed E-state index contributed by atoms with van der Waals surface area (Å²) in [6.07, 6.45) is 3.99. The Morgan fingerprint density at radius 2 is 2.21 bits per heavy atom. The van der Waals surface area contributed by atoms with Gasteiger partial charge in [-0.1, -0.05) is 6.07 Å². The van der Waals surface area contributed by atoms with Crippen molar-refractivity contribution in [2.24, 2.45) is 0 Å². The molecular weight excluding hydrogens is 310 g/mol. The number of carboxylic acid groups (broad SMARTS) is 1. The Kier molecular flexibility index (Phi) is 4.61. The highest BCUT2D eigenvalue weighted by atomic mass is 16.5. The first-order valence-corrected chi connectivity index (χ1v) is 7.87. The summed E-state index contributed by atoms with van der Waals surface area (Å²) in [7, 11) is 0. The molecule has 7 nitrogen and oxygen atoms in total. The third-order valence-corrected chi connectivity index (χ3v) is 4.12. The summed E-state index contributed by atoms with van der Waals surface area (Å²) >= 11 is 0. The third kappa shape index (κ3) is 3.16. The predicted molar refractivity (Wildman–Crippen MR) is 85.9 cm³/mol. The van der Waals surface area contributed by atoms with Crippen LogP contribution in [0.15, 0.2) is 36.7 Å². The summed E-state index contributed by atoms with van der Waals surface area (Å²) in [6.45, 7) is 3.34. The Morgan fingerprint density at radius 3 is 2.96 bits per heavy atom. The van der Waals surface area contributed by atoms with Gasteiger partial charge >= 0.3 is 5.97 Å². The standard InChI is InChI=1S/C17H19N3O4/c1-2-20-8-7-18-15(20)14-13(6-9-24-14)19-16(21)11-4-3-5-12(10-11)17(22)23/h3-5,7-8,10,13-14H,2,6,9H2,1H3,(H,19,21)(H,22,23)/t13-,14-/m0/s1. The second kappa shape index (κ2) is 6.84. The zero-order chi connectivity index (χ0) is 17.1. The van der Waals surface area contributed by atoms with E-state index in [1.165, 1.54) is 12.1 Å². The van der Waals surface area contributed by atoms with E-state index in [0.29, 0.717) is 18.6 Å². The van der Waals surface area contributed by atoms with Crippen LogP contribution in [-0.2, 0) is 11.3 Å². The number of amides is 1. The predicted octanol–water partition coefficient (Wildman–Crippen LogP) is 1.86. The van der Waals surface area contributed by atoms with E-state index >= 15 is 0 Å². The van der Waals surface area contributed by atoms with Gasteiger partial charge in [-0.15, -0.1) is 0 Å². The number of imidazole rings is 1. The number of carbonyl (C=O) groups excluding carboxylic acids is 1. The van der Waals surface area contributed by atoms with Crippen molar-refractivity contribution < 1.29 is 19.4 Å². The molecule has 7 heteroatoms. The first-order chi connectivity index (χ1) is 11.6. The van der Waals surface area contributed by atoms with Gasteiger partial charge in [-0.3, -0.25) is 4.79 Å². The van der Waals surface area contributed by atoms with Crippen molar-refractivity contribution >= 4 is 11.9 Å². The molecule has 0 unspecified atom stereocenters. The number of hydrogen-bond donors (Lipinski definition) is 2. The lowest BCUT2D eigenvalue weighted by Crippen LogP contribution is -2.37. The van der Waals surface area contributed by atoms with Crippen molar-refractivity contribution in [1.29, 1.82) is 0 Å². The molecule has 24 heavy (non-hydrogen) atoms. The number of aromatic nitrogens is 2. The van der Waals surface area contributed by atoms with Gasteiger partial charge in [0.05, 0.1) is 11.6 Å². The van der Waals surface area contributed by atoms with Crippen molar-refractivity contribution in [3.8, 4) is 0 Å². The number of benzene rings is 1. The number of carbonyl (C=O) groups is 2. The van der Waals surface area contributed by atoms with Gasteiger partial charge in [-0.25, -0.2) is 9.78 Å². The zero-order valence-corrected chi connectivity index (χ0v) is 13.3. The van der Waals surface area contributed by atoms with Crippen LogP contribution in [0.3, 0.4) is 0 Å². The molecule has 2 atom stereocenters. The van der Waals surface area contributed by atoms with E-state index < -0.39 is 5.97 Å². The van der Waals surface area contributed by atoms with E-state index in [9.17, 15) is 9.59 Å². The summed E-state index contributed by atoms with van der Waals surface area (Å²) in [5, 5.41) is 12.0. The van der Waals surface area contributed by atoms with Gasteiger partial charge in [0.1, 0.15) is 11.9 Å². The van der Waals surface area contributed by atoms with Crippen molar-refractivity contribution in [1.82, 2.24) is 14.9 Å². The van der Waals surface area contributed by atoms with Crippen LogP contribution in [0.4, 0.5) is 0 Å². The highest BCUT2D eigenvalue weighted by molar-refractivity contribution is 5.97. The fraction of sp³-hybridized carbons (Fsp3) is 0.353. The van der Waals surface area contributed by atoms with E-state index in [4.69, 9.17) is 9.84 Å². The summed E-state index contributed by atoms with van der Waals surface area (Å²) in [5.41, 5.74) is 0.405. The maximum absolute atomic E-state index is 12.5. The molecule has 1 saturated heterocycles. The lowest BCUT2D eigenvalue weighted by Gasteiger charge is -2.20. The lowest BCUT2D eigenvalue weighted by molar-refractivity contribution is 0.0697. The number of hydrogen-bond acceptors (Lipinski definition) is 4. The Bertz CT molecular complexity index is 756. The minimum atomic E-state index is -1.06. The summed E-state index contributed by atoms with van der Waals surface area (Å²) in [6, 6.07) is 5.79. The average molecular weight is 329 g/mol. The third-order valence-electron chi connectivity index (χ3n) is 4.12. The molecular formula is C17H19N3O4. The Hall–Kier alpha value is -2.67. The molecule has 0 aliphatic carbocycles. The molecule has 0 radical (unpaired) electrons. The molecule has 1 aromatic carbocycles. The molecule has 0 saturated carbocycles. The molecule has 2 aromatic rings. The Labute approximate surface area is 139 Å². The number of nitrogens with zero attached hydrogens (tertiary/aromatic N) is 2.